The second-order valence-electron chi connectivity index (χ2n) is 4.23. The maximum Gasteiger partial charge on any atom is 0.0521 e. The van der Waals surface area contributed by atoms with E-state index in [1.165, 1.54) is 37.7 Å². The second kappa shape index (κ2) is 5.84. The summed E-state index contributed by atoms with van der Waals surface area (Å²) in [5.41, 5.74) is 1.38. The van der Waals surface area contributed by atoms with Gasteiger partial charge in [0.05, 0.1) is 6.20 Å². The molecule has 0 fully saturated rings. The summed E-state index contributed by atoms with van der Waals surface area (Å²) in [5, 5.41) is 4.33. The SMILES string of the molecule is CCCCCCc1cnn(C(C)C)c1. The Morgan fingerprint density at radius 2 is 2.07 bits per heavy atom. The van der Waals surface area contributed by atoms with Crippen LogP contribution in [0.15, 0.2) is 12.4 Å². The smallest absolute Gasteiger partial charge is 0.0521 e. The first kappa shape index (κ1) is 11.3. The first-order valence-corrected chi connectivity index (χ1v) is 5.77. The maximum absolute atomic E-state index is 4.33. The van der Waals surface area contributed by atoms with Crippen molar-refractivity contribution in [1.82, 2.24) is 9.78 Å². The molecule has 80 valence electrons. The fourth-order valence-electron chi connectivity index (χ4n) is 1.54. The van der Waals surface area contributed by atoms with Crippen LogP contribution in [0.1, 0.15) is 58.1 Å². The van der Waals surface area contributed by atoms with Gasteiger partial charge in [0.1, 0.15) is 0 Å². The standard InChI is InChI=1S/C12H22N2/c1-4-5-6-7-8-12-9-13-14(10-12)11(2)3/h9-11H,4-8H2,1-3H3. The van der Waals surface area contributed by atoms with Crippen LogP contribution in [0.5, 0.6) is 0 Å². The topological polar surface area (TPSA) is 17.8 Å². The third-order valence-electron chi connectivity index (χ3n) is 2.50. The first-order chi connectivity index (χ1) is 6.74. The zero-order chi connectivity index (χ0) is 10.4. The number of aryl methyl sites for hydroxylation is 1. The number of hydrogen-bond acceptors (Lipinski definition) is 1. The van der Waals surface area contributed by atoms with Gasteiger partial charge in [-0.1, -0.05) is 26.2 Å². The number of rotatable bonds is 6. The predicted octanol–water partition coefficient (Wildman–Crippen LogP) is 3.59. The summed E-state index contributed by atoms with van der Waals surface area (Å²) in [7, 11) is 0. The Morgan fingerprint density at radius 3 is 2.64 bits per heavy atom. The van der Waals surface area contributed by atoms with Gasteiger partial charge in [-0.2, -0.15) is 5.10 Å². The van der Waals surface area contributed by atoms with Crippen molar-refractivity contribution >= 4 is 0 Å². The van der Waals surface area contributed by atoms with E-state index in [1.807, 2.05) is 10.9 Å². The molecule has 2 nitrogen and oxygen atoms in total. The van der Waals surface area contributed by atoms with Gasteiger partial charge in [-0.15, -0.1) is 0 Å². The van der Waals surface area contributed by atoms with Crippen molar-refractivity contribution in [1.29, 1.82) is 0 Å². The molecule has 0 saturated heterocycles. The largest absolute Gasteiger partial charge is 0.270 e. The van der Waals surface area contributed by atoms with Crippen LogP contribution < -0.4 is 0 Å². The number of aromatic nitrogens is 2. The number of unbranched alkanes of at least 4 members (excludes halogenated alkanes) is 3. The molecule has 0 amide bonds. The van der Waals surface area contributed by atoms with Gasteiger partial charge in [0.25, 0.3) is 0 Å². The lowest BCUT2D eigenvalue weighted by atomic mass is 10.1. The van der Waals surface area contributed by atoms with Crippen molar-refractivity contribution in [2.24, 2.45) is 0 Å². The summed E-state index contributed by atoms with van der Waals surface area (Å²) in [6.45, 7) is 6.57. The number of hydrogen-bond donors (Lipinski definition) is 0. The summed E-state index contributed by atoms with van der Waals surface area (Å²) >= 11 is 0. The van der Waals surface area contributed by atoms with Crippen LogP contribution in [0, 0.1) is 0 Å². The molecule has 0 unspecified atom stereocenters. The van der Waals surface area contributed by atoms with Gasteiger partial charge in [0.15, 0.2) is 0 Å². The Morgan fingerprint density at radius 1 is 1.29 bits per heavy atom. The Kier molecular flexibility index (Phi) is 4.71. The van der Waals surface area contributed by atoms with Crippen LogP contribution in [0.2, 0.25) is 0 Å². The van der Waals surface area contributed by atoms with E-state index in [2.05, 4.69) is 32.1 Å². The molecular formula is C12H22N2. The zero-order valence-electron chi connectivity index (χ0n) is 9.66. The van der Waals surface area contributed by atoms with Gasteiger partial charge in [0.2, 0.25) is 0 Å². The van der Waals surface area contributed by atoms with Crippen molar-refractivity contribution in [2.75, 3.05) is 0 Å². The predicted molar refractivity (Wildman–Crippen MR) is 60.5 cm³/mol. The average molecular weight is 194 g/mol. The molecule has 0 atom stereocenters. The molecule has 1 heterocycles. The molecule has 0 aliphatic rings. The lowest BCUT2D eigenvalue weighted by Gasteiger charge is -2.03. The summed E-state index contributed by atoms with van der Waals surface area (Å²) in [6, 6.07) is 0.486. The molecule has 1 aromatic rings. The Hall–Kier alpha value is -0.790. The minimum absolute atomic E-state index is 0.486. The van der Waals surface area contributed by atoms with Crippen LogP contribution in [-0.4, -0.2) is 9.78 Å². The van der Waals surface area contributed by atoms with Crippen molar-refractivity contribution in [2.45, 2.75) is 58.9 Å². The van der Waals surface area contributed by atoms with E-state index in [0.29, 0.717) is 6.04 Å². The highest BCUT2D eigenvalue weighted by Gasteiger charge is 2.00. The van der Waals surface area contributed by atoms with E-state index in [9.17, 15) is 0 Å². The van der Waals surface area contributed by atoms with Crippen LogP contribution in [0.3, 0.4) is 0 Å². The summed E-state index contributed by atoms with van der Waals surface area (Å²) < 4.78 is 2.04. The van der Waals surface area contributed by atoms with Crippen molar-refractivity contribution in [3.8, 4) is 0 Å². The summed E-state index contributed by atoms with van der Waals surface area (Å²) in [4.78, 5) is 0. The molecule has 0 aliphatic heterocycles. The fourth-order valence-corrected chi connectivity index (χ4v) is 1.54. The Bertz CT molecular complexity index is 251. The molecule has 0 aromatic carbocycles. The van der Waals surface area contributed by atoms with E-state index < -0.39 is 0 Å². The molecule has 2 heteroatoms. The first-order valence-electron chi connectivity index (χ1n) is 5.77. The minimum Gasteiger partial charge on any atom is -0.270 e. The highest BCUT2D eigenvalue weighted by molar-refractivity contribution is 5.04. The van der Waals surface area contributed by atoms with Crippen molar-refractivity contribution in [3.05, 3.63) is 18.0 Å². The van der Waals surface area contributed by atoms with Gasteiger partial charge in [-0.25, -0.2) is 0 Å². The molecule has 0 saturated carbocycles. The van der Waals surface area contributed by atoms with Crippen molar-refractivity contribution < 1.29 is 0 Å². The van der Waals surface area contributed by atoms with Crippen molar-refractivity contribution in [3.63, 3.8) is 0 Å². The average Bonchev–Trinajstić information content (AvgIpc) is 2.61. The minimum atomic E-state index is 0.486. The highest BCUT2D eigenvalue weighted by atomic mass is 15.3. The molecule has 1 aromatic heterocycles. The van der Waals surface area contributed by atoms with Gasteiger partial charge in [-0.3, -0.25) is 4.68 Å². The second-order valence-corrected chi connectivity index (χ2v) is 4.23. The molecule has 1 rings (SSSR count). The third kappa shape index (κ3) is 3.52. The summed E-state index contributed by atoms with van der Waals surface area (Å²) in [5.74, 6) is 0. The Labute approximate surface area is 87.3 Å². The third-order valence-corrected chi connectivity index (χ3v) is 2.50. The maximum atomic E-state index is 4.33. The Balaban J connectivity index is 2.29. The molecule has 0 spiro atoms. The van der Waals surface area contributed by atoms with E-state index in [0.717, 1.165) is 0 Å². The molecule has 0 bridgehead atoms. The fraction of sp³-hybridized carbons (Fsp3) is 0.750. The molecule has 0 N–H and O–H groups in total. The summed E-state index contributed by atoms with van der Waals surface area (Å²) in [6.07, 6.45) is 10.7. The molecule has 14 heavy (non-hydrogen) atoms. The van der Waals surface area contributed by atoms with Gasteiger partial charge in [0, 0.05) is 12.2 Å². The van der Waals surface area contributed by atoms with E-state index in [-0.39, 0.29) is 0 Å². The van der Waals surface area contributed by atoms with E-state index in [4.69, 9.17) is 0 Å². The zero-order valence-corrected chi connectivity index (χ0v) is 9.66. The van der Waals surface area contributed by atoms with Crippen LogP contribution >= 0.6 is 0 Å². The number of nitrogens with zero attached hydrogens (tertiary/aromatic N) is 2. The van der Waals surface area contributed by atoms with Crippen LogP contribution in [0.4, 0.5) is 0 Å². The van der Waals surface area contributed by atoms with E-state index in [1.54, 1.807) is 0 Å². The monoisotopic (exact) mass is 194 g/mol. The van der Waals surface area contributed by atoms with Gasteiger partial charge >= 0.3 is 0 Å². The normalized spacial score (nSPS) is 11.1. The lowest BCUT2D eigenvalue weighted by Crippen LogP contribution is -1.99. The van der Waals surface area contributed by atoms with E-state index >= 15 is 0 Å². The van der Waals surface area contributed by atoms with Gasteiger partial charge in [-0.05, 0) is 32.3 Å². The molecule has 0 aliphatic carbocycles. The van der Waals surface area contributed by atoms with Gasteiger partial charge < -0.3 is 0 Å². The van der Waals surface area contributed by atoms with Crippen LogP contribution in [0.25, 0.3) is 0 Å². The van der Waals surface area contributed by atoms with Crippen LogP contribution in [-0.2, 0) is 6.42 Å². The molecular weight excluding hydrogens is 172 g/mol. The highest BCUT2D eigenvalue weighted by Crippen LogP contribution is 2.09. The molecule has 0 radical (unpaired) electrons. The lowest BCUT2D eigenvalue weighted by molar-refractivity contribution is 0.532. The quantitative estimate of drug-likeness (QED) is 0.633.